The second kappa shape index (κ2) is 4.72. The molecule has 0 radical (unpaired) electrons. The molecule has 4 heteroatoms. The number of aromatic nitrogens is 2. The molecule has 2 aromatic rings. The van der Waals surface area contributed by atoms with Crippen molar-refractivity contribution < 1.29 is 5.11 Å². The lowest BCUT2D eigenvalue weighted by molar-refractivity contribution is 0.475. The summed E-state index contributed by atoms with van der Waals surface area (Å²) >= 11 is 0. The Morgan fingerprint density at radius 1 is 1.19 bits per heavy atom. The molecule has 2 rings (SSSR count). The zero-order chi connectivity index (χ0) is 11.4. The molecule has 4 nitrogen and oxygen atoms in total. The normalized spacial score (nSPS) is 10.3. The predicted molar refractivity (Wildman–Crippen MR) is 61.9 cm³/mol. The number of aromatic hydroxyl groups is 1. The maximum Gasteiger partial charge on any atom is 0.116 e. The fourth-order valence-corrected chi connectivity index (χ4v) is 1.58. The molecule has 0 unspecified atom stereocenters. The molecule has 0 aliphatic carbocycles. The SMILES string of the molecule is NCCc1cncnc1-c1ccc(O)cc1. The van der Waals surface area contributed by atoms with Crippen molar-refractivity contribution in [1.82, 2.24) is 9.97 Å². The summed E-state index contributed by atoms with van der Waals surface area (Å²) in [4.78, 5) is 8.24. The first-order valence-corrected chi connectivity index (χ1v) is 5.09. The van der Waals surface area contributed by atoms with Gasteiger partial charge in [-0.2, -0.15) is 0 Å². The van der Waals surface area contributed by atoms with Crippen LogP contribution in [-0.4, -0.2) is 21.6 Å². The lowest BCUT2D eigenvalue weighted by Gasteiger charge is -2.06. The summed E-state index contributed by atoms with van der Waals surface area (Å²) in [5.41, 5.74) is 8.40. The summed E-state index contributed by atoms with van der Waals surface area (Å²) in [5, 5.41) is 9.22. The topological polar surface area (TPSA) is 72.0 Å². The van der Waals surface area contributed by atoms with Crippen LogP contribution in [0.5, 0.6) is 5.75 Å². The van der Waals surface area contributed by atoms with Gasteiger partial charge in [-0.05, 0) is 42.8 Å². The van der Waals surface area contributed by atoms with Crippen LogP contribution in [0, 0.1) is 0 Å². The molecule has 0 aliphatic rings. The zero-order valence-corrected chi connectivity index (χ0v) is 8.80. The number of benzene rings is 1. The summed E-state index contributed by atoms with van der Waals surface area (Å²) in [6, 6.07) is 6.95. The fourth-order valence-electron chi connectivity index (χ4n) is 1.58. The van der Waals surface area contributed by atoms with E-state index in [1.54, 1.807) is 18.3 Å². The van der Waals surface area contributed by atoms with Crippen LogP contribution < -0.4 is 5.73 Å². The Hall–Kier alpha value is -1.94. The third-order valence-corrected chi connectivity index (χ3v) is 2.34. The first-order chi connectivity index (χ1) is 7.81. The van der Waals surface area contributed by atoms with Crippen molar-refractivity contribution in [2.75, 3.05) is 6.54 Å². The van der Waals surface area contributed by atoms with Crippen LogP contribution in [0.25, 0.3) is 11.3 Å². The van der Waals surface area contributed by atoms with Gasteiger partial charge in [0.15, 0.2) is 0 Å². The minimum atomic E-state index is 0.248. The maximum atomic E-state index is 9.22. The van der Waals surface area contributed by atoms with Gasteiger partial charge in [-0.15, -0.1) is 0 Å². The maximum absolute atomic E-state index is 9.22. The molecule has 3 N–H and O–H groups in total. The molecule has 1 aromatic heterocycles. The molecule has 1 heterocycles. The summed E-state index contributed by atoms with van der Waals surface area (Å²) in [6.45, 7) is 0.568. The minimum Gasteiger partial charge on any atom is -0.508 e. The molecule has 0 spiro atoms. The van der Waals surface area contributed by atoms with Crippen LogP contribution in [0.2, 0.25) is 0 Å². The lowest BCUT2D eigenvalue weighted by Crippen LogP contribution is -2.05. The molecule has 0 atom stereocenters. The zero-order valence-electron chi connectivity index (χ0n) is 8.80. The van der Waals surface area contributed by atoms with Crippen molar-refractivity contribution in [3.63, 3.8) is 0 Å². The average molecular weight is 215 g/mol. The number of nitrogens with zero attached hydrogens (tertiary/aromatic N) is 2. The van der Waals surface area contributed by atoms with Gasteiger partial charge in [0.1, 0.15) is 12.1 Å². The molecule has 0 saturated carbocycles. The average Bonchev–Trinajstić information content (AvgIpc) is 2.32. The summed E-state index contributed by atoms with van der Waals surface area (Å²) in [7, 11) is 0. The van der Waals surface area contributed by atoms with Crippen molar-refractivity contribution in [2.24, 2.45) is 5.73 Å². The second-order valence-electron chi connectivity index (χ2n) is 3.48. The number of rotatable bonds is 3. The number of hydrogen-bond donors (Lipinski definition) is 2. The highest BCUT2D eigenvalue weighted by Crippen LogP contribution is 2.22. The van der Waals surface area contributed by atoms with Crippen LogP contribution in [0.1, 0.15) is 5.56 Å². The summed E-state index contributed by atoms with van der Waals surface area (Å²) in [5.74, 6) is 0.248. The van der Waals surface area contributed by atoms with E-state index in [0.29, 0.717) is 6.54 Å². The van der Waals surface area contributed by atoms with Crippen LogP contribution in [0.15, 0.2) is 36.8 Å². The second-order valence-corrected chi connectivity index (χ2v) is 3.48. The molecule has 1 aromatic carbocycles. The van der Waals surface area contributed by atoms with E-state index in [1.807, 2.05) is 12.1 Å². The Bertz CT molecular complexity index is 468. The number of phenolic OH excluding ortho intramolecular Hbond substituents is 1. The van der Waals surface area contributed by atoms with Gasteiger partial charge < -0.3 is 10.8 Å². The van der Waals surface area contributed by atoms with Crippen LogP contribution in [-0.2, 0) is 6.42 Å². The molecule has 0 amide bonds. The highest BCUT2D eigenvalue weighted by atomic mass is 16.3. The van der Waals surface area contributed by atoms with Gasteiger partial charge in [0.2, 0.25) is 0 Å². The fraction of sp³-hybridized carbons (Fsp3) is 0.167. The first-order valence-electron chi connectivity index (χ1n) is 5.09. The van der Waals surface area contributed by atoms with Crippen LogP contribution >= 0.6 is 0 Å². The molecule has 0 bridgehead atoms. The van der Waals surface area contributed by atoms with E-state index in [0.717, 1.165) is 23.2 Å². The molecular formula is C12H13N3O. The van der Waals surface area contributed by atoms with E-state index in [-0.39, 0.29) is 5.75 Å². The molecule has 82 valence electrons. The van der Waals surface area contributed by atoms with Gasteiger partial charge in [0.25, 0.3) is 0 Å². The van der Waals surface area contributed by atoms with Gasteiger partial charge >= 0.3 is 0 Å². The van der Waals surface area contributed by atoms with Crippen molar-refractivity contribution >= 4 is 0 Å². The largest absolute Gasteiger partial charge is 0.508 e. The Morgan fingerprint density at radius 2 is 1.94 bits per heavy atom. The van der Waals surface area contributed by atoms with E-state index in [1.165, 1.54) is 6.33 Å². The monoisotopic (exact) mass is 215 g/mol. The number of phenols is 1. The van der Waals surface area contributed by atoms with Gasteiger partial charge in [-0.1, -0.05) is 0 Å². The molecule has 0 saturated heterocycles. The Morgan fingerprint density at radius 3 is 2.62 bits per heavy atom. The van der Waals surface area contributed by atoms with E-state index in [9.17, 15) is 5.11 Å². The van der Waals surface area contributed by atoms with Gasteiger partial charge in [0.05, 0.1) is 5.69 Å². The highest BCUT2D eigenvalue weighted by Gasteiger charge is 2.05. The van der Waals surface area contributed by atoms with Gasteiger partial charge in [0, 0.05) is 11.8 Å². The highest BCUT2D eigenvalue weighted by molar-refractivity contribution is 5.63. The van der Waals surface area contributed by atoms with E-state index >= 15 is 0 Å². The van der Waals surface area contributed by atoms with E-state index in [4.69, 9.17) is 5.73 Å². The van der Waals surface area contributed by atoms with Crippen molar-refractivity contribution in [3.05, 3.63) is 42.4 Å². The van der Waals surface area contributed by atoms with Crippen LogP contribution in [0.3, 0.4) is 0 Å². The summed E-state index contributed by atoms with van der Waals surface area (Å²) in [6.07, 6.45) is 4.04. The number of nitrogens with two attached hydrogens (primary N) is 1. The Labute approximate surface area is 93.8 Å². The van der Waals surface area contributed by atoms with Crippen molar-refractivity contribution in [3.8, 4) is 17.0 Å². The third-order valence-electron chi connectivity index (χ3n) is 2.34. The lowest BCUT2D eigenvalue weighted by atomic mass is 10.1. The molecule has 0 fully saturated rings. The minimum absolute atomic E-state index is 0.248. The Balaban J connectivity index is 2.42. The van der Waals surface area contributed by atoms with E-state index in [2.05, 4.69) is 9.97 Å². The standard InChI is InChI=1S/C12H13N3O/c13-6-5-10-7-14-8-15-12(10)9-1-3-11(16)4-2-9/h1-4,7-8,16H,5-6,13H2. The molecule has 0 aliphatic heterocycles. The number of hydrogen-bond acceptors (Lipinski definition) is 4. The van der Waals surface area contributed by atoms with Crippen molar-refractivity contribution in [2.45, 2.75) is 6.42 Å². The molecular weight excluding hydrogens is 202 g/mol. The first kappa shape index (κ1) is 10.6. The van der Waals surface area contributed by atoms with E-state index < -0.39 is 0 Å². The van der Waals surface area contributed by atoms with Gasteiger partial charge in [-0.3, -0.25) is 0 Å². The molecule has 16 heavy (non-hydrogen) atoms. The Kier molecular flexibility index (Phi) is 3.12. The predicted octanol–water partition coefficient (Wildman–Crippen LogP) is 1.35. The summed E-state index contributed by atoms with van der Waals surface area (Å²) < 4.78 is 0. The van der Waals surface area contributed by atoms with Gasteiger partial charge in [-0.25, -0.2) is 9.97 Å². The van der Waals surface area contributed by atoms with Crippen molar-refractivity contribution in [1.29, 1.82) is 0 Å². The van der Waals surface area contributed by atoms with Crippen LogP contribution in [0.4, 0.5) is 0 Å². The quantitative estimate of drug-likeness (QED) is 0.810. The smallest absolute Gasteiger partial charge is 0.116 e. The third kappa shape index (κ3) is 2.17.